The van der Waals surface area contributed by atoms with Crippen LogP contribution in [0.3, 0.4) is 0 Å². The van der Waals surface area contributed by atoms with Gasteiger partial charge in [0.15, 0.2) is 16.4 Å². The smallest absolute Gasteiger partial charge is 0.261 e. The molecule has 156 valence electrons. The predicted octanol–water partition coefficient (Wildman–Crippen LogP) is 3.58. The van der Waals surface area contributed by atoms with Crippen molar-refractivity contribution < 1.29 is 17.9 Å². The summed E-state index contributed by atoms with van der Waals surface area (Å²) in [6.07, 6.45) is 0.473. The van der Waals surface area contributed by atoms with Gasteiger partial charge in [0.25, 0.3) is 5.91 Å². The second-order valence-corrected chi connectivity index (χ2v) is 10.9. The first-order chi connectivity index (χ1) is 13.6. The van der Waals surface area contributed by atoms with Crippen molar-refractivity contribution in [3.8, 4) is 5.75 Å². The number of carbonyl (C=O) groups excluding carboxylic acids is 1. The molecule has 1 atom stereocenters. The molecule has 1 saturated heterocycles. The molecule has 2 aromatic carbocycles. The number of benzene rings is 2. The van der Waals surface area contributed by atoms with E-state index in [1.54, 1.807) is 4.90 Å². The number of amides is 1. The quantitative estimate of drug-likeness (QED) is 0.723. The Morgan fingerprint density at radius 3 is 2.28 bits per heavy atom. The third-order valence-electron chi connectivity index (χ3n) is 5.25. The van der Waals surface area contributed by atoms with E-state index in [4.69, 9.17) is 4.74 Å². The van der Waals surface area contributed by atoms with Crippen molar-refractivity contribution in [2.75, 3.05) is 18.1 Å². The maximum atomic E-state index is 13.0. The van der Waals surface area contributed by atoms with Crippen molar-refractivity contribution in [2.24, 2.45) is 0 Å². The molecule has 1 amide bonds. The van der Waals surface area contributed by atoms with Crippen molar-refractivity contribution >= 4 is 15.7 Å². The van der Waals surface area contributed by atoms with E-state index in [0.717, 1.165) is 5.56 Å². The molecule has 1 heterocycles. The summed E-state index contributed by atoms with van der Waals surface area (Å²) in [4.78, 5) is 14.6. The van der Waals surface area contributed by atoms with Gasteiger partial charge in [-0.05, 0) is 35.1 Å². The van der Waals surface area contributed by atoms with Crippen LogP contribution in [0.5, 0.6) is 5.75 Å². The van der Waals surface area contributed by atoms with Gasteiger partial charge in [-0.1, -0.05) is 63.2 Å². The molecule has 1 aliphatic heterocycles. The SMILES string of the molecule is CC(C)(C)c1ccc(OCC(=O)N(Cc2ccccc2)C2CCS(=O)(=O)C2)cc1. The number of sulfone groups is 1. The zero-order valence-electron chi connectivity index (χ0n) is 17.3. The summed E-state index contributed by atoms with van der Waals surface area (Å²) in [5.41, 5.74) is 2.21. The Balaban J connectivity index is 1.69. The van der Waals surface area contributed by atoms with E-state index in [2.05, 4.69) is 20.8 Å². The standard InChI is InChI=1S/C23H29NO4S/c1-23(2,3)19-9-11-21(12-10-19)28-16-22(25)24(15-18-7-5-4-6-8-18)20-13-14-29(26,27)17-20/h4-12,20H,13-17H2,1-3H3. The van der Waals surface area contributed by atoms with Gasteiger partial charge >= 0.3 is 0 Å². The molecule has 3 rings (SSSR count). The lowest BCUT2D eigenvalue weighted by molar-refractivity contribution is -0.136. The summed E-state index contributed by atoms with van der Waals surface area (Å²) in [5, 5.41) is 0. The average molecular weight is 416 g/mol. The van der Waals surface area contributed by atoms with Crippen LogP contribution in [0.4, 0.5) is 0 Å². The molecule has 0 saturated carbocycles. The van der Waals surface area contributed by atoms with Crippen LogP contribution in [0.15, 0.2) is 54.6 Å². The second kappa shape index (κ2) is 8.57. The van der Waals surface area contributed by atoms with E-state index in [-0.39, 0.29) is 35.5 Å². The van der Waals surface area contributed by atoms with E-state index in [0.29, 0.717) is 18.7 Å². The predicted molar refractivity (Wildman–Crippen MR) is 115 cm³/mol. The summed E-state index contributed by atoms with van der Waals surface area (Å²) >= 11 is 0. The highest BCUT2D eigenvalue weighted by molar-refractivity contribution is 7.91. The molecule has 29 heavy (non-hydrogen) atoms. The minimum atomic E-state index is -3.09. The molecule has 6 heteroatoms. The first kappa shape index (κ1) is 21.4. The third kappa shape index (κ3) is 5.82. The fourth-order valence-corrected chi connectivity index (χ4v) is 5.23. The molecule has 0 radical (unpaired) electrons. The van der Waals surface area contributed by atoms with Crippen LogP contribution < -0.4 is 4.74 Å². The highest BCUT2D eigenvalue weighted by Gasteiger charge is 2.34. The van der Waals surface area contributed by atoms with E-state index in [1.807, 2.05) is 54.6 Å². The topological polar surface area (TPSA) is 63.7 Å². The van der Waals surface area contributed by atoms with Gasteiger partial charge in [-0.15, -0.1) is 0 Å². The number of ether oxygens (including phenoxy) is 1. The lowest BCUT2D eigenvalue weighted by Crippen LogP contribution is -2.43. The molecule has 0 N–H and O–H groups in total. The van der Waals surface area contributed by atoms with Gasteiger partial charge in [0.05, 0.1) is 11.5 Å². The molecule has 0 spiro atoms. The maximum absolute atomic E-state index is 13.0. The van der Waals surface area contributed by atoms with E-state index < -0.39 is 9.84 Å². The summed E-state index contributed by atoms with van der Waals surface area (Å²) in [5.74, 6) is 0.581. The molecule has 2 aromatic rings. The fraction of sp³-hybridized carbons (Fsp3) is 0.435. The van der Waals surface area contributed by atoms with Crippen molar-refractivity contribution in [1.82, 2.24) is 4.90 Å². The Morgan fingerprint density at radius 1 is 1.07 bits per heavy atom. The Labute approximate surface area is 173 Å². The minimum absolute atomic E-state index is 0.0197. The van der Waals surface area contributed by atoms with E-state index >= 15 is 0 Å². The summed E-state index contributed by atoms with van der Waals surface area (Å²) < 4.78 is 29.6. The zero-order valence-corrected chi connectivity index (χ0v) is 18.1. The molecule has 5 nitrogen and oxygen atoms in total. The summed E-state index contributed by atoms with van der Waals surface area (Å²) in [6, 6.07) is 17.1. The fourth-order valence-electron chi connectivity index (χ4n) is 3.50. The number of rotatable bonds is 6. The van der Waals surface area contributed by atoms with Gasteiger partial charge in [-0.2, -0.15) is 0 Å². The largest absolute Gasteiger partial charge is 0.484 e. The third-order valence-corrected chi connectivity index (χ3v) is 7.00. The Morgan fingerprint density at radius 2 is 1.72 bits per heavy atom. The van der Waals surface area contributed by atoms with Gasteiger partial charge < -0.3 is 9.64 Å². The normalized spacial score (nSPS) is 18.4. The van der Waals surface area contributed by atoms with Crippen LogP contribution in [0.25, 0.3) is 0 Å². The summed E-state index contributed by atoms with van der Waals surface area (Å²) in [6.45, 7) is 6.70. The highest BCUT2D eigenvalue weighted by atomic mass is 32.2. The van der Waals surface area contributed by atoms with E-state index in [1.165, 1.54) is 5.56 Å². The highest BCUT2D eigenvalue weighted by Crippen LogP contribution is 2.25. The molecule has 1 unspecified atom stereocenters. The number of hydrogen-bond acceptors (Lipinski definition) is 4. The van der Waals surface area contributed by atoms with Crippen LogP contribution in [-0.2, 0) is 26.6 Å². The van der Waals surface area contributed by atoms with Gasteiger partial charge in [0.2, 0.25) is 0 Å². The van der Waals surface area contributed by atoms with Crippen molar-refractivity contribution in [2.45, 2.75) is 45.2 Å². The zero-order chi connectivity index (χ0) is 21.1. The molecule has 1 fully saturated rings. The molecule has 0 aromatic heterocycles. The van der Waals surface area contributed by atoms with Gasteiger partial charge in [0.1, 0.15) is 5.75 Å². The average Bonchev–Trinajstić information content (AvgIpc) is 3.04. The molecule has 0 bridgehead atoms. The number of nitrogens with zero attached hydrogens (tertiary/aromatic N) is 1. The van der Waals surface area contributed by atoms with Crippen LogP contribution in [0.2, 0.25) is 0 Å². The van der Waals surface area contributed by atoms with Crippen molar-refractivity contribution in [3.63, 3.8) is 0 Å². The first-order valence-electron chi connectivity index (χ1n) is 9.91. The number of carbonyl (C=O) groups is 1. The number of hydrogen-bond donors (Lipinski definition) is 0. The molecular weight excluding hydrogens is 386 g/mol. The molecule has 0 aliphatic carbocycles. The Hall–Kier alpha value is -2.34. The van der Waals surface area contributed by atoms with Crippen LogP contribution >= 0.6 is 0 Å². The molecular formula is C23H29NO4S. The van der Waals surface area contributed by atoms with Crippen molar-refractivity contribution in [1.29, 1.82) is 0 Å². The van der Waals surface area contributed by atoms with Crippen LogP contribution in [0.1, 0.15) is 38.3 Å². The monoisotopic (exact) mass is 415 g/mol. The maximum Gasteiger partial charge on any atom is 0.261 e. The van der Waals surface area contributed by atoms with Gasteiger partial charge in [0, 0.05) is 12.6 Å². The van der Waals surface area contributed by atoms with Crippen LogP contribution in [0, 0.1) is 0 Å². The minimum Gasteiger partial charge on any atom is -0.484 e. The van der Waals surface area contributed by atoms with Crippen molar-refractivity contribution in [3.05, 3.63) is 65.7 Å². The first-order valence-corrected chi connectivity index (χ1v) is 11.7. The van der Waals surface area contributed by atoms with Gasteiger partial charge in [-0.3, -0.25) is 4.79 Å². The van der Waals surface area contributed by atoms with Gasteiger partial charge in [-0.25, -0.2) is 8.42 Å². The van der Waals surface area contributed by atoms with Crippen LogP contribution in [-0.4, -0.2) is 43.4 Å². The molecule has 1 aliphatic rings. The van der Waals surface area contributed by atoms with E-state index in [9.17, 15) is 13.2 Å². The summed E-state index contributed by atoms with van der Waals surface area (Å²) in [7, 11) is -3.09. The lowest BCUT2D eigenvalue weighted by atomic mass is 9.87. The Kier molecular flexibility index (Phi) is 6.32. The lowest BCUT2D eigenvalue weighted by Gasteiger charge is -2.28. The Bertz CT molecular complexity index is 931. The second-order valence-electron chi connectivity index (χ2n) is 8.63.